The lowest BCUT2D eigenvalue weighted by Gasteiger charge is -2.23. The zero-order valence-electron chi connectivity index (χ0n) is 21.2. The molecule has 2 aromatic rings. The maximum absolute atomic E-state index is 12.6. The van der Waals surface area contributed by atoms with Gasteiger partial charge in [-0.2, -0.15) is 0 Å². The largest absolute Gasteiger partial charge is 0.494 e. The normalized spacial score (nSPS) is 12.4. The summed E-state index contributed by atoms with van der Waals surface area (Å²) in [5.41, 5.74) is 3.63. The number of ether oxygens (including phenoxy) is 1. The molecule has 0 spiro atoms. The van der Waals surface area contributed by atoms with Crippen molar-refractivity contribution in [2.75, 3.05) is 35.7 Å². The molecule has 9 heteroatoms. The number of benzene rings is 2. The van der Waals surface area contributed by atoms with Crippen LogP contribution >= 0.6 is 0 Å². The van der Waals surface area contributed by atoms with E-state index in [0.717, 1.165) is 11.1 Å². The smallest absolute Gasteiger partial charge is 0.323 e. The number of carboxylic acid groups (broad SMARTS) is 1. The number of allylic oxidation sites excluding steroid dienone is 2. The summed E-state index contributed by atoms with van der Waals surface area (Å²) in [6.45, 7) is 4.30. The number of amides is 3. The molecule has 3 rings (SSSR count). The summed E-state index contributed by atoms with van der Waals surface area (Å²) in [7, 11) is 1.50. The molecule has 3 amide bonds. The van der Waals surface area contributed by atoms with E-state index in [1.807, 2.05) is 66.7 Å². The maximum atomic E-state index is 12.6. The Labute approximate surface area is 216 Å². The van der Waals surface area contributed by atoms with Crippen LogP contribution in [-0.4, -0.2) is 48.1 Å². The number of para-hydroxylation sites is 1. The third kappa shape index (κ3) is 7.99. The zero-order valence-corrected chi connectivity index (χ0v) is 21.2. The number of aliphatic carboxylic acids is 1. The summed E-state index contributed by atoms with van der Waals surface area (Å²) >= 11 is 0. The fourth-order valence-electron chi connectivity index (χ4n) is 3.75. The highest BCUT2D eigenvalue weighted by atomic mass is 16.5. The lowest BCUT2D eigenvalue weighted by atomic mass is 10.2. The van der Waals surface area contributed by atoms with Gasteiger partial charge in [0.15, 0.2) is 0 Å². The number of methoxy groups -OCH3 is 1. The van der Waals surface area contributed by atoms with Crippen LogP contribution in [0, 0.1) is 6.92 Å². The molecule has 0 saturated heterocycles. The summed E-state index contributed by atoms with van der Waals surface area (Å²) in [5, 5.41) is 14.5. The van der Waals surface area contributed by atoms with Crippen LogP contribution in [0.1, 0.15) is 25.3 Å². The van der Waals surface area contributed by atoms with E-state index in [4.69, 9.17) is 9.84 Å². The molecule has 0 aromatic heterocycles. The molecule has 0 bridgehead atoms. The van der Waals surface area contributed by atoms with Crippen molar-refractivity contribution in [1.82, 2.24) is 4.90 Å². The lowest BCUT2D eigenvalue weighted by molar-refractivity contribution is -0.137. The second-order valence-electron chi connectivity index (χ2n) is 8.52. The van der Waals surface area contributed by atoms with Crippen LogP contribution in [0.25, 0.3) is 0 Å². The van der Waals surface area contributed by atoms with Gasteiger partial charge in [0.05, 0.1) is 19.3 Å². The van der Waals surface area contributed by atoms with Crippen molar-refractivity contribution in [3.05, 3.63) is 84.2 Å². The molecule has 9 nitrogen and oxygen atoms in total. The highest BCUT2D eigenvalue weighted by molar-refractivity contribution is 6.01. The summed E-state index contributed by atoms with van der Waals surface area (Å²) in [5.74, 6) is -0.554. The minimum absolute atomic E-state index is 0.108. The minimum atomic E-state index is -0.817. The molecule has 1 heterocycles. The number of carbonyl (C=O) groups is 3. The van der Waals surface area contributed by atoms with Gasteiger partial charge in [-0.3, -0.25) is 9.59 Å². The van der Waals surface area contributed by atoms with E-state index in [0.29, 0.717) is 42.3 Å². The SMILES string of the molecule is COc1cc(N(CC2=CC=CN(CCCC(=O)O)C=C2)C(C)=O)ccc1NC(=O)Nc1ccccc1C. The maximum Gasteiger partial charge on any atom is 0.323 e. The molecule has 0 radical (unpaired) electrons. The minimum Gasteiger partial charge on any atom is -0.494 e. The third-order valence-corrected chi connectivity index (χ3v) is 5.73. The van der Waals surface area contributed by atoms with Gasteiger partial charge in [0.2, 0.25) is 5.91 Å². The van der Waals surface area contributed by atoms with E-state index in [9.17, 15) is 14.4 Å². The van der Waals surface area contributed by atoms with E-state index < -0.39 is 12.0 Å². The Balaban J connectivity index is 1.70. The number of carboxylic acids is 1. The van der Waals surface area contributed by atoms with Crippen molar-refractivity contribution in [2.24, 2.45) is 0 Å². The summed E-state index contributed by atoms with van der Waals surface area (Å²) < 4.78 is 5.50. The van der Waals surface area contributed by atoms with E-state index in [2.05, 4.69) is 10.6 Å². The predicted octanol–water partition coefficient (Wildman–Crippen LogP) is 5.13. The standard InChI is InChI=1S/C28H32N4O5/c1-20-8-4-5-10-24(20)29-28(36)30-25-13-12-23(18-26(25)37-3)32(21(2)33)19-22-9-6-15-31(17-14-22)16-7-11-27(34)35/h4-6,8-10,12-15,17-18H,7,11,16,19H2,1-3H3,(H,34,35)(H2,29,30,36). The number of urea groups is 1. The quantitative estimate of drug-likeness (QED) is 0.413. The first-order valence-electron chi connectivity index (χ1n) is 11.9. The highest BCUT2D eigenvalue weighted by Crippen LogP contribution is 2.31. The Bertz CT molecular complexity index is 1230. The number of aryl methyl sites for hydroxylation is 1. The van der Waals surface area contributed by atoms with Crippen LogP contribution in [0.4, 0.5) is 21.9 Å². The molecule has 1 aliphatic rings. The first-order chi connectivity index (χ1) is 17.8. The van der Waals surface area contributed by atoms with Crippen molar-refractivity contribution < 1.29 is 24.2 Å². The van der Waals surface area contributed by atoms with Crippen molar-refractivity contribution in [2.45, 2.75) is 26.7 Å². The van der Waals surface area contributed by atoms with Crippen molar-refractivity contribution >= 4 is 35.0 Å². The van der Waals surface area contributed by atoms with Gasteiger partial charge in [0.1, 0.15) is 5.75 Å². The van der Waals surface area contributed by atoms with Gasteiger partial charge in [-0.05, 0) is 54.8 Å². The fourth-order valence-corrected chi connectivity index (χ4v) is 3.75. The zero-order chi connectivity index (χ0) is 26.8. The van der Waals surface area contributed by atoms with Gasteiger partial charge in [0, 0.05) is 49.7 Å². The van der Waals surface area contributed by atoms with Crippen LogP contribution in [0.5, 0.6) is 5.75 Å². The van der Waals surface area contributed by atoms with Crippen molar-refractivity contribution in [3.63, 3.8) is 0 Å². The number of anilines is 3. The first-order valence-corrected chi connectivity index (χ1v) is 11.9. The molecule has 0 saturated carbocycles. The molecule has 2 aromatic carbocycles. The van der Waals surface area contributed by atoms with E-state index >= 15 is 0 Å². The average Bonchev–Trinajstić information content (AvgIpc) is 3.09. The summed E-state index contributed by atoms with van der Waals surface area (Å²) in [6, 6.07) is 12.2. The van der Waals surface area contributed by atoms with Crippen LogP contribution in [0.2, 0.25) is 0 Å². The predicted molar refractivity (Wildman–Crippen MR) is 145 cm³/mol. The Morgan fingerprint density at radius 2 is 1.81 bits per heavy atom. The number of nitrogens with one attached hydrogen (secondary N) is 2. The van der Waals surface area contributed by atoms with Gasteiger partial charge in [0.25, 0.3) is 0 Å². The van der Waals surface area contributed by atoms with Gasteiger partial charge in [-0.1, -0.05) is 24.3 Å². The first kappa shape index (κ1) is 27.1. The number of rotatable bonds is 10. The Hall–Kier alpha value is -4.53. The Morgan fingerprint density at radius 1 is 1.05 bits per heavy atom. The van der Waals surface area contributed by atoms with Crippen LogP contribution < -0.4 is 20.3 Å². The third-order valence-electron chi connectivity index (χ3n) is 5.73. The van der Waals surface area contributed by atoms with Gasteiger partial charge >= 0.3 is 12.0 Å². The molecule has 0 fully saturated rings. The molecular formula is C28H32N4O5. The monoisotopic (exact) mass is 504 g/mol. The second kappa shape index (κ2) is 13.0. The average molecular weight is 505 g/mol. The number of nitrogens with zero attached hydrogens (tertiary/aromatic N) is 2. The molecular weight excluding hydrogens is 472 g/mol. The Kier molecular flexibility index (Phi) is 9.48. The summed E-state index contributed by atoms with van der Waals surface area (Å²) in [4.78, 5) is 39.4. The molecule has 0 unspecified atom stereocenters. The number of carbonyl (C=O) groups excluding carboxylic acids is 2. The Morgan fingerprint density at radius 3 is 2.51 bits per heavy atom. The van der Waals surface area contributed by atoms with Crippen LogP contribution in [0.15, 0.2) is 78.7 Å². The molecule has 1 aliphatic heterocycles. The van der Waals surface area contributed by atoms with E-state index in [1.54, 1.807) is 23.1 Å². The van der Waals surface area contributed by atoms with E-state index in [-0.39, 0.29) is 12.3 Å². The molecule has 0 atom stereocenters. The van der Waals surface area contributed by atoms with Crippen LogP contribution in [0.3, 0.4) is 0 Å². The van der Waals surface area contributed by atoms with E-state index in [1.165, 1.54) is 14.0 Å². The molecule has 3 N–H and O–H groups in total. The lowest BCUT2D eigenvalue weighted by Crippen LogP contribution is -2.30. The second-order valence-corrected chi connectivity index (χ2v) is 8.52. The fraction of sp³-hybridized carbons (Fsp3) is 0.250. The molecule has 0 aliphatic carbocycles. The van der Waals surface area contributed by atoms with Crippen LogP contribution in [-0.2, 0) is 9.59 Å². The van der Waals surface area contributed by atoms with Crippen molar-refractivity contribution in [1.29, 1.82) is 0 Å². The number of hydrogen-bond acceptors (Lipinski definition) is 5. The molecule has 194 valence electrons. The summed E-state index contributed by atoms with van der Waals surface area (Å²) in [6.07, 6.45) is 10.1. The van der Waals surface area contributed by atoms with Crippen molar-refractivity contribution in [3.8, 4) is 5.75 Å². The van der Waals surface area contributed by atoms with Gasteiger partial charge < -0.3 is 30.3 Å². The molecule has 37 heavy (non-hydrogen) atoms. The highest BCUT2D eigenvalue weighted by Gasteiger charge is 2.17. The topological polar surface area (TPSA) is 111 Å². The number of hydrogen-bond donors (Lipinski definition) is 3. The van der Waals surface area contributed by atoms with Gasteiger partial charge in [-0.25, -0.2) is 4.79 Å². The van der Waals surface area contributed by atoms with Gasteiger partial charge in [-0.15, -0.1) is 0 Å².